The van der Waals surface area contributed by atoms with Gasteiger partial charge in [-0.3, -0.25) is 14.3 Å². The van der Waals surface area contributed by atoms with Crippen molar-refractivity contribution in [1.82, 2.24) is 14.7 Å². The summed E-state index contributed by atoms with van der Waals surface area (Å²) in [5, 5.41) is 4.23. The zero-order valence-corrected chi connectivity index (χ0v) is 16.9. The van der Waals surface area contributed by atoms with Gasteiger partial charge in [-0.25, -0.2) is 8.78 Å². The molecule has 8 heteroatoms. The van der Waals surface area contributed by atoms with E-state index in [9.17, 15) is 18.4 Å². The lowest BCUT2D eigenvalue weighted by atomic mass is 9.74. The van der Waals surface area contributed by atoms with Gasteiger partial charge < -0.3 is 9.64 Å². The number of amides is 1. The lowest BCUT2D eigenvalue weighted by Gasteiger charge is -2.41. The fourth-order valence-corrected chi connectivity index (χ4v) is 3.83. The minimum Gasteiger partial charge on any atom is -0.466 e. The summed E-state index contributed by atoms with van der Waals surface area (Å²) >= 11 is 0. The Hall–Kier alpha value is -2.77. The maximum Gasteiger partial charge on any atom is 0.314 e. The Morgan fingerprint density at radius 3 is 2.66 bits per heavy atom. The van der Waals surface area contributed by atoms with Crippen LogP contribution in [0.2, 0.25) is 0 Å². The highest BCUT2D eigenvalue weighted by atomic mass is 19.1. The number of piperidine rings is 1. The van der Waals surface area contributed by atoms with Crippen molar-refractivity contribution in [2.75, 3.05) is 19.7 Å². The van der Waals surface area contributed by atoms with Crippen molar-refractivity contribution in [1.29, 1.82) is 0 Å². The van der Waals surface area contributed by atoms with Gasteiger partial charge in [-0.15, -0.1) is 0 Å². The lowest BCUT2D eigenvalue weighted by Crippen LogP contribution is -2.51. The first-order valence-corrected chi connectivity index (χ1v) is 9.67. The van der Waals surface area contributed by atoms with Gasteiger partial charge >= 0.3 is 5.97 Å². The third kappa shape index (κ3) is 4.31. The third-order valence-electron chi connectivity index (χ3n) is 5.45. The molecule has 156 valence electrons. The molecule has 2 heterocycles. The molecule has 2 aromatic rings. The van der Waals surface area contributed by atoms with Crippen molar-refractivity contribution in [2.24, 2.45) is 12.5 Å². The van der Waals surface area contributed by atoms with E-state index in [0.29, 0.717) is 25.1 Å². The smallest absolute Gasteiger partial charge is 0.314 e. The molecule has 1 fully saturated rings. The van der Waals surface area contributed by atoms with Crippen LogP contribution in [0.1, 0.15) is 41.5 Å². The van der Waals surface area contributed by atoms with Crippen molar-refractivity contribution in [3.05, 3.63) is 52.9 Å². The van der Waals surface area contributed by atoms with Crippen LogP contribution in [0.25, 0.3) is 0 Å². The van der Waals surface area contributed by atoms with E-state index in [4.69, 9.17) is 4.74 Å². The second-order valence-corrected chi connectivity index (χ2v) is 7.54. The zero-order valence-electron chi connectivity index (χ0n) is 16.9. The number of esters is 1. The number of hydrogen-bond donors (Lipinski definition) is 0. The molecular formula is C21H25F2N3O3. The Balaban J connectivity index is 1.91. The highest BCUT2D eigenvalue weighted by Crippen LogP contribution is 2.36. The molecule has 0 bridgehead atoms. The molecule has 1 saturated heterocycles. The zero-order chi connectivity index (χ0) is 21.2. The molecule has 1 atom stereocenters. The Morgan fingerprint density at radius 1 is 1.28 bits per heavy atom. The first kappa shape index (κ1) is 21.0. The van der Waals surface area contributed by atoms with Crippen LogP contribution in [0.3, 0.4) is 0 Å². The molecule has 1 aromatic carbocycles. The van der Waals surface area contributed by atoms with Gasteiger partial charge in [0.2, 0.25) is 0 Å². The summed E-state index contributed by atoms with van der Waals surface area (Å²) in [6.45, 7) is 4.30. The van der Waals surface area contributed by atoms with E-state index >= 15 is 0 Å². The van der Waals surface area contributed by atoms with Gasteiger partial charge in [0, 0.05) is 31.9 Å². The number of rotatable bonds is 5. The second kappa shape index (κ2) is 8.31. The monoisotopic (exact) mass is 405 g/mol. The lowest BCUT2D eigenvalue weighted by molar-refractivity contribution is -0.158. The van der Waals surface area contributed by atoms with Crippen molar-refractivity contribution in [3.63, 3.8) is 0 Å². The summed E-state index contributed by atoms with van der Waals surface area (Å²) in [6.07, 6.45) is 1.05. The van der Waals surface area contributed by atoms with E-state index in [1.165, 1.54) is 12.1 Å². The Morgan fingerprint density at radius 2 is 2.03 bits per heavy atom. The number of benzene rings is 1. The predicted octanol–water partition coefficient (Wildman–Crippen LogP) is 3.03. The summed E-state index contributed by atoms with van der Waals surface area (Å²) < 4.78 is 34.5. The summed E-state index contributed by atoms with van der Waals surface area (Å²) in [4.78, 5) is 27.4. The summed E-state index contributed by atoms with van der Waals surface area (Å²) in [6, 6.07) is 5.01. The van der Waals surface area contributed by atoms with Crippen LogP contribution in [0.4, 0.5) is 8.78 Å². The van der Waals surface area contributed by atoms with Gasteiger partial charge in [-0.05, 0) is 50.8 Å². The average molecular weight is 405 g/mol. The highest BCUT2D eigenvalue weighted by Gasteiger charge is 2.45. The van der Waals surface area contributed by atoms with Crippen LogP contribution in [-0.4, -0.2) is 46.3 Å². The van der Waals surface area contributed by atoms with Crippen LogP contribution in [0.5, 0.6) is 0 Å². The molecule has 0 radical (unpaired) electrons. The van der Waals surface area contributed by atoms with Gasteiger partial charge in [0.1, 0.15) is 11.6 Å². The number of ether oxygens (including phenoxy) is 1. The largest absolute Gasteiger partial charge is 0.466 e. The maximum atomic E-state index is 14.3. The standard InChI is InChI=1S/C21H25F2N3O3/c1-4-29-20(28)21(12-15-6-7-16(22)11-17(15)23)8-5-9-26(13-21)19(27)18-10-14(2)25(3)24-18/h6-7,10-11H,4-5,8-9,12-13H2,1-3H3/t21-/m1/s1. The number of carbonyl (C=O) groups is 2. The molecule has 1 aliphatic rings. The molecule has 6 nitrogen and oxygen atoms in total. The normalized spacial score (nSPS) is 19.3. The van der Waals surface area contributed by atoms with Crippen LogP contribution in [0, 0.1) is 24.0 Å². The molecular weight excluding hydrogens is 380 g/mol. The van der Waals surface area contributed by atoms with Crippen molar-refractivity contribution < 1.29 is 23.1 Å². The molecule has 3 rings (SSSR count). The highest BCUT2D eigenvalue weighted by molar-refractivity contribution is 5.93. The minimum atomic E-state index is -1.09. The first-order valence-electron chi connectivity index (χ1n) is 9.67. The maximum absolute atomic E-state index is 14.3. The summed E-state index contributed by atoms with van der Waals surface area (Å²) in [5.74, 6) is -2.14. The Bertz CT molecular complexity index is 908. The van der Waals surface area contributed by atoms with Gasteiger partial charge in [0.05, 0.1) is 12.0 Å². The van der Waals surface area contributed by atoms with E-state index in [1.807, 2.05) is 6.92 Å². The van der Waals surface area contributed by atoms with Crippen molar-refractivity contribution >= 4 is 11.9 Å². The molecule has 1 aliphatic heterocycles. The van der Waals surface area contributed by atoms with Crippen LogP contribution in [0.15, 0.2) is 24.3 Å². The molecule has 0 aliphatic carbocycles. The number of carbonyl (C=O) groups excluding carboxylic acids is 2. The number of halogens is 2. The van der Waals surface area contributed by atoms with E-state index in [1.54, 1.807) is 29.6 Å². The van der Waals surface area contributed by atoms with Crippen LogP contribution < -0.4 is 0 Å². The molecule has 29 heavy (non-hydrogen) atoms. The van der Waals surface area contributed by atoms with Crippen LogP contribution >= 0.6 is 0 Å². The van der Waals surface area contributed by atoms with Crippen molar-refractivity contribution in [2.45, 2.75) is 33.1 Å². The first-order chi connectivity index (χ1) is 13.8. The third-order valence-corrected chi connectivity index (χ3v) is 5.45. The average Bonchev–Trinajstić information content (AvgIpc) is 3.02. The van der Waals surface area contributed by atoms with E-state index < -0.39 is 23.0 Å². The van der Waals surface area contributed by atoms with Gasteiger partial charge in [0.25, 0.3) is 5.91 Å². The predicted molar refractivity (Wildman–Crippen MR) is 102 cm³/mol. The molecule has 0 unspecified atom stereocenters. The molecule has 0 saturated carbocycles. The summed E-state index contributed by atoms with van der Waals surface area (Å²) in [5.41, 5.74) is 0.280. The van der Waals surface area contributed by atoms with Gasteiger partial charge in [-0.2, -0.15) is 5.10 Å². The SMILES string of the molecule is CCOC(=O)[C@@]1(Cc2ccc(F)cc2F)CCCN(C(=O)c2cc(C)n(C)n2)C1. The van der Waals surface area contributed by atoms with Crippen LogP contribution in [-0.2, 0) is 23.0 Å². The minimum absolute atomic E-state index is 0.0307. The molecule has 1 aromatic heterocycles. The Kier molecular flexibility index (Phi) is 6.00. The van der Waals surface area contributed by atoms with Crippen molar-refractivity contribution in [3.8, 4) is 0 Å². The van der Waals surface area contributed by atoms with Gasteiger partial charge in [0.15, 0.2) is 5.69 Å². The topological polar surface area (TPSA) is 64.4 Å². The molecule has 0 spiro atoms. The molecule has 0 N–H and O–H groups in total. The number of nitrogens with zero attached hydrogens (tertiary/aromatic N) is 3. The summed E-state index contributed by atoms with van der Waals surface area (Å²) in [7, 11) is 1.75. The van der Waals surface area contributed by atoms with Gasteiger partial charge in [-0.1, -0.05) is 6.07 Å². The number of hydrogen-bond acceptors (Lipinski definition) is 4. The van der Waals surface area contributed by atoms with E-state index in [-0.39, 0.29) is 31.0 Å². The second-order valence-electron chi connectivity index (χ2n) is 7.54. The van der Waals surface area contributed by atoms with E-state index in [0.717, 1.165) is 11.8 Å². The number of aromatic nitrogens is 2. The Labute approximate surface area is 168 Å². The quantitative estimate of drug-likeness (QED) is 0.718. The van der Waals surface area contributed by atoms with E-state index in [2.05, 4.69) is 5.10 Å². The number of aryl methyl sites for hydroxylation is 2. The molecule has 1 amide bonds. The number of likely N-dealkylation sites (tertiary alicyclic amines) is 1. The fourth-order valence-electron chi connectivity index (χ4n) is 3.83. The fraction of sp³-hybridized carbons (Fsp3) is 0.476.